The largest absolute Gasteiger partial charge is 0.444 e. The molecule has 12 heteroatoms. The Bertz CT molecular complexity index is 1090. The number of nitrogens with zero attached hydrogens (tertiary/aromatic N) is 2. The fourth-order valence-electron chi connectivity index (χ4n) is 4.50. The van der Waals surface area contributed by atoms with Crippen LogP contribution in [0.5, 0.6) is 0 Å². The molecule has 0 spiro atoms. The average Bonchev–Trinajstić information content (AvgIpc) is 3.47. The van der Waals surface area contributed by atoms with Crippen LogP contribution in [0.2, 0.25) is 0 Å². The second kappa shape index (κ2) is 17.0. The predicted molar refractivity (Wildman–Crippen MR) is 161 cm³/mol. The van der Waals surface area contributed by atoms with E-state index in [0.29, 0.717) is 45.4 Å². The van der Waals surface area contributed by atoms with Gasteiger partial charge in [-0.2, -0.15) is 0 Å². The van der Waals surface area contributed by atoms with Crippen LogP contribution >= 0.6 is 11.3 Å². The molecule has 3 atom stereocenters. The lowest BCUT2D eigenvalue weighted by Gasteiger charge is -2.29. The molecule has 1 saturated heterocycles. The summed E-state index contributed by atoms with van der Waals surface area (Å²) in [6.45, 7) is 11.0. The molecule has 232 valence electrons. The monoisotopic (exact) mass is 603 g/mol. The standard InChI is InChI=1S/C30H45N5O6S/c1-22(32-27(36)26(34-29(38)41-30(2,3)4)12-13-35-14-16-39-17-15-35)10-11-24(18-23-8-6-5-7-9-23)33-28(37)40-20-25-19-31-21-42-25/h5-9,19,21-22,24,26H,10-18,20H2,1-4H3,(H,32,36)(H,33,37)(H,34,38)/t22-,24+,26-/m0/s1. The number of thiazole rings is 1. The molecule has 1 aromatic carbocycles. The highest BCUT2D eigenvalue weighted by Gasteiger charge is 2.26. The first-order valence-electron chi connectivity index (χ1n) is 14.5. The van der Waals surface area contributed by atoms with Gasteiger partial charge in [-0.3, -0.25) is 14.7 Å². The van der Waals surface area contributed by atoms with E-state index in [0.717, 1.165) is 23.5 Å². The highest BCUT2D eigenvalue weighted by Crippen LogP contribution is 2.13. The second-order valence-corrected chi connectivity index (χ2v) is 12.5. The number of ether oxygens (including phenoxy) is 3. The maximum atomic E-state index is 13.3. The van der Waals surface area contributed by atoms with Crippen molar-refractivity contribution in [3.63, 3.8) is 0 Å². The van der Waals surface area contributed by atoms with Crippen molar-refractivity contribution >= 4 is 29.4 Å². The number of nitrogens with one attached hydrogen (secondary N) is 3. The number of hydrogen-bond acceptors (Lipinski definition) is 9. The molecule has 1 aromatic heterocycles. The van der Waals surface area contributed by atoms with Gasteiger partial charge < -0.3 is 30.2 Å². The zero-order chi connectivity index (χ0) is 30.4. The topological polar surface area (TPSA) is 131 Å². The molecule has 0 radical (unpaired) electrons. The zero-order valence-electron chi connectivity index (χ0n) is 25.1. The van der Waals surface area contributed by atoms with Crippen LogP contribution in [-0.2, 0) is 32.0 Å². The van der Waals surface area contributed by atoms with Crippen LogP contribution in [0.1, 0.15) is 57.4 Å². The minimum absolute atomic E-state index is 0.164. The summed E-state index contributed by atoms with van der Waals surface area (Å²) in [5, 5.41) is 8.79. The Kier molecular flexibility index (Phi) is 13.5. The van der Waals surface area contributed by atoms with E-state index in [1.54, 1.807) is 32.5 Å². The number of carbonyl (C=O) groups excluding carboxylic acids is 3. The second-order valence-electron chi connectivity index (χ2n) is 11.5. The summed E-state index contributed by atoms with van der Waals surface area (Å²) in [5.74, 6) is -0.266. The van der Waals surface area contributed by atoms with Gasteiger partial charge in [0.15, 0.2) is 0 Å². The van der Waals surface area contributed by atoms with E-state index < -0.39 is 23.8 Å². The highest BCUT2D eigenvalue weighted by atomic mass is 32.1. The van der Waals surface area contributed by atoms with Crippen molar-refractivity contribution in [2.45, 2.75) is 83.7 Å². The minimum Gasteiger partial charge on any atom is -0.444 e. The summed E-state index contributed by atoms with van der Waals surface area (Å²) in [5.41, 5.74) is 2.11. The van der Waals surface area contributed by atoms with Crippen molar-refractivity contribution in [3.8, 4) is 0 Å². The molecule has 0 bridgehead atoms. The van der Waals surface area contributed by atoms with Crippen LogP contribution in [0.4, 0.5) is 9.59 Å². The third kappa shape index (κ3) is 13.2. The lowest BCUT2D eigenvalue weighted by Crippen LogP contribution is -2.52. The summed E-state index contributed by atoms with van der Waals surface area (Å²) in [6.07, 6.45) is 2.86. The Labute approximate surface area is 252 Å². The third-order valence-corrected chi connectivity index (χ3v) is 7.41. The fraction of sp³-hybridized carbons (Fsp3) is 0.600. The van der Waals surface area contributed by atoms with Gasteiger partial charge in [-0.25, -0.2) is 9.59 Å². The number of morpholine rings is 1. The first kappa shape index (κ1) is 33.3. The molecule has 3 N–H and O–H groups in total. The van der Waals surface area contributed by atoms with E-state index in [1.807, 2.05) is 37.3 Å². The number of amides is 3. The number of rotatable bonds is 14. The van der Waals surface area contributed by atoms with Gasteiger partial charge in [0.05, 0.1) is 23.6 Å². The van der Waals surface area contributed by atoms with E-state index in [2.05, 4.69) is 25.8 Å². The van der Waals surface area contributed by atoms with Gasteiger partial charge in [-0.1, -0.05) is 30.3 Å². The van der Waals surface area contributed by atoms with Crippen molar-refractivity contribution in [2.75, 3.05) is 32.8 Å². The Balaban J connectivity index is 1.55. The predicted octanol–water partition coefficient (Wildman–Crippen LogP) is 3.88. The van der Waals surface area contributed by atoms with Gasteiger partial charge in [-0.05, 0) is 58.9 Å². The van der Waals surface area contributed by atoms with Crippen LogP contribution in [0.15, 0.2) is 42.0 Å². The Hall–Kier alpha value is -3.22. The number of hydrogen-bond donors (Lipinski definition) is 3. The quantitative estimate of drug-likeness (QED) is 0.297. The van der Waals surface area contributed by atoms with Gasteiger partial charge in [0.25, 0.3) is 0 Å². The molecule has 0 saturated carbocycles. The van der Waals surface area contributed by atoms with Crippen molar-refractivity contribution < 1.29 is 28.6 Å². The molecule has 3 amide bonds. The van der Waals surface area contributed by atoms with Crippen LogP contribution in [0, 0.1) is 0 Å². The molecule has 0 unspecified atom stereocenters. The molecule has 2 aromatic rings. The number of carbonyl (C=O) groups is 3. The van der Waals surface area contributed by atoms with Crippen LogP contribution in [0.25, 0.3) is 0 Å². The summed E-state index contributed by atoms with van der Waals surface area (Å²) in [7, 11) is 0. The van der Waals surface area contributed by atoms with Gasteiger partial charge in [0.1, 0.15) is 18.2 Å². The van der Waals surface area contributed by atoms with E-state index in [1.165, 1.54) is 11.3 Å². The summed E-state index contributed by atoms with van der Waals surface area (Å²) >= 11 is 1.43. The molecular weight excluding hydrogens is 558 g/mol. The van der Waals surface area contributed by atoms with E-state index in [9.17, 15) is 14.4 Å². The van der Waals surface area contributed by atoms with Crippen molar-refractivity contribution in [1.29, 1.82) is 0 Å². The summed E-state index contributed by atoms with van der Waals surface area (Å²) in [6, 6.07) is 8.78. The van der Waals surface area contributed by atoms with E-state index >= 15 is 0 Å². The molecule has 42 heavy (non-hydrogen) atoms. The number of aromatic nitrogens is 1. The Morgan fingerprint density at radius 1 is 1.02 bits per heavy atom. The molecule has 1 aliphatic rings. The molecule has 0 aliphatic carbocycles. The Morgan fingerprint density at radius 3 is 2.43 bits per heavy atom. The summed E-state index contributed by atoms with van der Waals surface area (Å²) < 4.78 is 16.2. The first-order chi connectivity index (χ1) is 20.1. The van der Waals surface area contributed by atoms with Gasteiger partial charge in [-0.15, -0.1) is 11.3 Å². The van der Waals surface area contributed by atoms with Crippen LogP contribution in [0.3, 0.4) is 0 Å². The molecule has 1 aliphatic heterocycles. The zero-order valence-corrected chi connectivity index (χ0v) is 25.9. The van der Waals surface area contributed by atoms with E-state index in [-0.39, 0.29) is 24.6 Å². The SMILES string of the molecule is C[C@@H](CC[C@H](Cc1ccccc1)NC(=O)OCc1cncs1)NC(=O)[C@H](CCN1CCOCC1)NC(=O)OC(C)(C)C. The highest BCUT2D eigenvalue weighted by molar-refractivity contribution is 7.09. The van der Waals surface area contributed by atoms with Crippen LogP contribution < -0.4 is 16.0 Å². The Morgan fingerprint density at radius 2 is 1.76 bits per heavy atom. The first-order valence-corrected chi connectivity index (χ1v) is 15.4. The number of benzene rings is 1. The van der Waals surface area contributed by atoms with Crippen molar-refractivity contribution in [3.05, 3.63) is 52.5 Å². The van der Waals surface area contributed by atoms with Gasteiger partial charge in [0, 0.05) is 37.9 Å². The van der Waals surface area contributed by atoms with Crippen LogP contribution in [-0.4, -0.2) is 84.6 Å². The maximum absolute atomic E-state index is 13.3. The smallest absolute Gasteiger partial charge is 0.408 e. The maximum Gasteiger partial charge on any atom is 0.408 e. The van der Waals surface area contributed by atoms with Crippen molar-refractivity contribution in [1.82, 2.24) is 25.8 Å². The third-order valence-electron chi connectivity index (χ3n) is 6.66. The minimum atomic E-state index is -0.745. The fourth-order valence-corrected chi connectivity index (χ4v) is 5.01. The van der Waals surface area contributed by atoms with Crippen molar-refractivity contribution in [2.24, 2.45) is 0 Å². The van der Waals surface area contributed by atoms with Gasteiger partial charge >= 0.3 is 12.2 Å². The molecule has 2 heterocycles. The normalized spacial score (nSPS) is 16.1. The molecule has 11 nitrogen and oxygen atoms in total. The summed E-state index contributed by atoms with van der Waals surface area (Å²) in [4.78, 5) is 45.5. The van der Waals surface area contributed by atoms with Gasteiger partial charge in [0.2, 0.25) is 5.91 Å². The molecular formula is C30H45N5O6S. The number of alkyl carbamates (subject to hydrolysis) is 2. The molecule has 3 rings (SSSR count). The van der Waals surface area contributed by atoms with E-state index in [4.69, 9.17) is 14.2 Å². The lowest BCUT2D eigenvalue weighted by molar-refractivity contribution is -0.124. The molecule has 1 fully saturated rings. The lowest BCUT2D eigenvalue weighted by atomic mass is 9.99. The average molecular weight is 604 g/mol.